The molecule has 0 atom stereocenters. The molecule has 68 valence electrons. The number of hydrogen-bond acceptors (Lipinski definition) is 3. The summed E-state index contributed by atoms with van der Waals surface area (Å²) < 4.78 is 1.16. The summed E-state index contributed by atoms with van der Waals surface area (Å²) in [6, 6.07) is 6.32. The van der Waals surface area contributed by atoms with E-state index >= 15 is 0 Å². The van der Waals surface area contributed by atoms with Crippen LogP contribution in [0.3, 0.4) is 0 Å². The minimum absolute atomic E-state index is 0.131. The van der Waals surface area contributed by atoms with Gasteiger partial charge in [0.25, 0.3) is 0 Å². The second-order valence-electron chi connectivity index (χ2n) is 3.20. The Kier molecular flexibility index (Phi) is 2.41. The van der Waals surface area contributed by atoms with E-state index in [4.69, 9.17) is 5.26 Å². The highest BCUT2D eigenvalue weighted by molar-refractivity contribution is 9.11. The van der Waals surface area contributed by atoms with E-state index in [2.05, 4.69) is 39.4 Å². The second-order valence-corrected chi connectivity index (χ2v) is 5.66. The summed E-state index contributed by atoms with van der Waals surface area (Å²) in [4.78, 5) is 1.34. The zero-order chi connectivity index (χ0) is 9.31. The molecule has 1 N–H and O–H groups in total. The normalized spacial score (nSPS) is 18.2. The molecule has 1 aliphatic rings. The van der Waals surface area contributed by atoms with E-state index in [0.717, 1.165) is 16.6 Å². The fourth-order valence-corrected chi connectivity index (χ4v) is 3.02. The number of thiophene rings is 1. The molecule has 0 radical (unpaired) electrons. The van der Waals surface area contributed by atoms with Gasteiger partial charge in [0, 0.05) is 4.88 Å². The Hall–Kier alpha value is -0.370. The molecule has 1 saturated carbocycles. The van der Waals surface area contributed by atoms with Gasteiger partial charge in [-0.15, -0.1) is 11.3 Å². The molecular formula is C9H9BrN2S. The van der Waals surface area contributed by atoms with Gasteiger partial charge in [-0.1, -0.05) is 0 Å². The van der Waals surface area contributed by atoms with Crippen LogP contribution in [-0.2, 0) is 5.54 Å². The highest BCUT2D eigenvalue weighted by Crippen LogP contribution is 2.48. The molecule has 1 aromatic rings. The lowest BCUT2D eigenvalue weighted by Crippen LogP contribution is -2.28. The van der Waals surface area contributed by atoms with Crippen LogP contribution in [0.5, 0.6) is 0 Å². The molecule has 0 spiro atoms. The van der Waals surface area contributed by atoms with Crippen LogP contribution >= 0.6 is 27.3 Å². The summed E-state index contributed by atoms with van der Waals surface area (Å²) >= 11 is 5.20. The van der Waals surface area contributed by atoms with E-state index < -0.39 is 0 Å². The molecule has 13 heavy (non-hydrogen) atoms. The summed E-state index contributed by atoms with van der Waals surface area (Å²) in [7, 11) is 0. The minimum atomic E-state index is 0.131. The van der Waals surface area contributed by atoms with Gasteiger partial charge in [-0.25, -0.2) is 0 Å². The molecule has 0 aliphatic heterocycles. The van der Waals surface area contributed by atoms with Gasteiger partial charge in [0.05, 0.1) is 21.9 Å². The van der Waals surface area contributed by atoms with Crippen molar-refractivity contribution in [1.29, 1.82) is 5.26 Å². The number of hydrogen-bond donors (Lipinski definition) is 1. The smallest absolute Gasteiger partial charge is 0.0848 e. The molecule has 2 rings (SSSR count). The first-order valence-corrected chi connectivity index (χ1v) is 5.76. The standard InChI is InChI=1S/C9H9BrN2S/c10-8-2-1-7(13-8)9(3-4-9)12-6-5-11/h1-2,12H,3-4,6H2. The van der Waals surface area contributed by atoms with E-state index in [9.17, 15) is 0 Å². The SMILES string of the molecule is N#CCNC1(c2ccc(Br)s2)CC1. The van der Waals surface area contributed by atoms with Crippen molar-refractivity contribution in [3.05, 3.63) is 20.8 Å². The van der Waals surface area contributed by atoms with Crippen molar-refractivity contribution in [2.45, 2.75) is 18.4 Å². The molecule has 1 fully saturated rings. The van der Waals surface area contributed by atoms with Crippen LogP contribution in [0.2, 0.25) is 0 Å². The number of nitriles is 1. The van der Waals surface area contributed by atoms with E-state index in [0.29, 0.717) is 6.54 Å². The molecule has 0 bridgehead atoms. The number of nitrogens with one attached hydrogen (secondary N) is 1. The van der Waals surface area contributed by atoms with Gasteiger partial charge in [0.1, 0.15) is 0 Å². The zero-order valence-electron chi connectivity index (χ0n) is 7.01. The number of nitrogens with zero attached hydrogens (tertiary/aromatic N) is 1. The Bertz CT molecular complexity index is 349. The Balaban J connectivity index is 2.12. The summed E-state index contributed by atoms with van der Waals surface area (Å²) in [6.45, 7) is 0.440. The van der Waals surface area contributed by atoms with Crippen molar-refractivity contribution in [2.24, 2.45) is 0 Å². The third-order valence-corrected chi connectivity index (χ3v) is 4.13. The molecule has 4 heteroatoms. The van der Waals surface area contributed by atoms with Gasteiger partial charge >= 0.3 is 0 Å². The summed E-state index contributed by atoms with van der Waals surface area (Å²) in [5, 5.41) is 11.8. The Labute approximate surface area is 89.7 Å². The van der Waals surface area contributed by atoms with Crippen molar-refractivity contribution in [2.75, 3.05) is 6.54 Å². The van der Waals surface area contributed by atoms with Crippen molar-refractivity contribution in [3.63, 3.8) is 0 Å². The van der Waals surface area contributed by atoms with Gasteiger partial charge in [-0.2, -0.15) is 5.26 Å². The first kappa shape index (κ1) is 9.20. The summed E-state index contributed by atoms with van der Waals surface area (Å²) in [6.07, 6.45) is 2.31. The summed E-state index contributed by atoms with van der Waals surface area (Å²) in [5.41, 5.74) is 0.131. The van der Waals surface area contributed by atoms with E-state index in [1.54, 1.807) is 11.3 Å². The summed E-state index contributed by atoms with van der Waals surface area (Å²) in [5.74, 6) is 0. The maximum Gasteiger partial charge on any atom is 0.0848 e. The van der Waals surface area contributed by atoms with Gasteiger partial charge in [-0.3, -0.25) is 5.32 Å². The topological polar surface area (TPSA) is 35.8 Å². The third kappa shape index (κ3) is 1.78. The third-order valence-electron chi connectivity index (χ3n) is 2.30. The molecule has 2 nitrogen and oxygen atoms in total. The number of rotatable bonds is 3. The Morgan fingerprint density at radius 1 is 1.62 bits per heavy atom. The molecule has 0 amide bonds. The molecule has 1 heterocycles. The van der Waals surface area contributed by atoms with Crippen LogP contribution in [0.25, 0.3) is 0 Å². The van der Waals surface area contributed by atoms with Gasteiger partial charge in [0.15, 0.2) is 0 Å². The zero-order valence-corrected chi connectivity index (χ0v) is 9.41. The van der Waals surface area contributed by atoms with Gasteiger partial charge in [-0.05, 0) is 40.9 Å². The first-order chi connectivity index (χ1) is 6.27. The maximum absolute atomic E-state index is 8.49. The molecule has 0 saturated heterocycles. The molecular weight excluding hydrogens is 248 g/mol. The highest BCUT2D eigenvalue weighted by Gasteiger charge is 2.44. The second kappa shape index (κ2) is 3.41. The van der Waals surface area contributed by atoms with Crippen LogP contribution < -0.4 is 5.32 Å². The fraction of sp³-hybridized carbons (Fsp3) is 0.444. The van der Waals surface area contributed by atoms with Crippen molar-refractivity contribution in [1.82, 2.24) is 5.32 Å². The largest absolute Gasteiger partial charge is 0.294 e. The molecule has 0 unspecified atom stereocenters. The van der Waals surface area contributed by atoms with Crippen LogP contribution in [-0.4, -0.2) is 6.54 Å². The predicted octanol–water partition coefficient (Wildman–Crippen LogP) is 2.61. The first-order valence-electron chi connectivity index (χ1n) is 4.15. The Morgan fingerprint density at radius 3 is 2.85 bits per heavy atom. The van der Waals surface area contributed by atoms with Crippen molar-refractivity contribution in [3.8, 4) is 6.07 Å². The van der Waals surface area contributed by atoms with Gasteiger partial charge < -0.3 is 0 Å². The van der Waals surface area contributed by atoms with E-state index in [-0.39, 0.29) is 5.54 Å². The van der Waals surface area contributed by atoms with Crippen LogP contribution in [0.4, 0.5) is 0 Å². The maximum atomic E-state index is 8.49. The van der Waals surface area contributed by atoms with Crippen LogP contribution in [0.1, 0.15) is 17.7 Å². The Morgan fingerprint density at radius 2 is 2.38 bits per heavy atom. The number of halogens is 1. The van der Waals surface area contributed by atoms with Crippen molar-refractivity contribution >= 4 is 27.3 Å². The molecule has 1 aliphatic carbocycles. The average molecular weight is 257 g/mol. The van der Waals surface area contributed by atoms with E-state index in [1.165, 1.54) is 4.88 Å². The highest BCUT2D eigenvalue weighted by atomic mass is 79.9. The molecule has 0 aromatic carbocycles. The fourth-order valence-electron chi connectivity index (χ4n) is 1.42. The van der Waals surface area contributed by atoms with Crippen LogP contribution in [0, 0.1) is 11.3 Å². The lowest BCUT2D eigenvalue weighted by Gasteiger charge is -2.12. The average Bonchev–Trinajstić information content (AvgIpc) is 2.80. The lowest BCUT2D eigenvalue weighted by atomic mass is 10.2. The minimum Gasteiger partial charge on any atom is -0.294 e. The van der Waals surface area contributed by atoms with Gasteiger partial charge in [0.2, 0.25) is 0 Å². The molecule has 1 aromatic heterocycles. The van der Waals surface area contributed by atoms with Crippen molar-refractivity contribution < 1.29 is 0 Å². The monoisotopic (exact) mass is 256 g/mol. The lowest BCUT2D eigenvalue weighted by molar-refractivity contribution is 0.569. The van der Waals surface area contributed by atoms with Crippen LogP contribution in [0.15, 0.2) is 15.9 Å². The predicted molar refractivity (Wildman–Crippen MR) is 56.5 cm³/mol. The van der Waals surface area contributed by atoms with E-state index in [1.807, 2.05) is 0 Å². The quantitative estimate of drug-likeness (QED) is 0.845.